The standard InChI is InChI=1S/C15H21N3O4/c1-10-4-5-12(22-10)14(20)18-8-15(9-18)7-17(3)11(6-21-15)13(19)16-2/h4-5,11H,6-9H2,1-3H3,(H,16,19)/t11-/m1/s1. The highest BCUT2D eigenvalue weighted by atomic mass is 16.5. The molecule has 0 saturated carbocycles. The van der Waals surface area contributed by atoms with E-state index in [2.05, 4.69) is 5.32 Å². The number of carbonyl (C=O) groups is 2. The zero-order valence-corrected chi connectivity index (χ0v) is 13.1. The molecule has 0 aliphatic carbocycles. The fourth-order valence-corrected chi connectivity index (χ4v) is 3.13. The van der Waals surface area contributed by atoms with Crippen LogP contribution in [0.2, 0.25) is 0 Å². The van der Waals surface area contributed by atoms with E-state index in [4.69, 9.17) is 9.15 Å². The summed E-state index contributed by atoms with van der Waals surface area (Å²) >= 11 is 0. The summed E-state index contributed by atoms with van der Waals surface area (Å²) in [5.41, 5.74) is -0.365. The van der Waals surface area contributed by atoms with E-state index in [0.717, 1.165) is 5.76 Å². The summed E-state index contributed by atoms with van der Waals surface area (Å²) in [6.07, 6.45) is 0. The molecule has 0 radical (unpaired) electrons. The van der Waals surface area contributed by atoms with Gasteiger partial charge in [0.15, 0.2) is 5.76 Å². The summed E-state index contributed by atoms with van der Waals surface area (Å²) in [7, 11) is 3.53. The molecule has 0 bridgehead atoms. The number of hydrogen-bond donors (Lipinski definition) is 1. The van der Waals surface area contributed by atoms with Crippen molar-refractivity contribution in [3.8, 4) is 0 Å². The third kappa shape index (κ3) is 2.50. The molecule has 1 atom stereocenters. The Morgan fingerprint density at radius 2 is 2.05 bits per heavy atom. The third-order valence-corrected chi connectivity index (χ3v) is 4.36. The van der Waals surface area contributed by atoms with Crippen LogP contribution >= 0.6 is 0 Å². The van der Waals surface area contributed by atoms with Crippen LogP contribution in [0.3, 0.4) is 0 Å². The molecule has 120 valence electrons. The highest BCUT2D eigenvalue weighted by Crippen LogP contribution is 2.31. The van der Waals surface area contributed by atoms with Gasteiger partial charge in [0.05, 0.1) is 19.7 Å². The van der Waals surface area contributed by atoms with Gasteiger partial charge in [-0.05, 0) is 26.1 Å². The lowest BCUT2D eigenvalue weighted by atomic mass is 9.90. The summed E-state index contributed by atoms with van der Waals surface area (Å²) in [5.74, 6) is 0.925. The molecule has 1 aromatic heterocycles. The van der Waals surface area contributed by atoms with Crippen LogP contribution < -0.4 is 5.32 Å². The monoisotopic (exact) mass is 307 g/mol. The Labute approximate surface area is 129 Å². The largest absolute Gasteiger partial charge is 0.456 e. The highest BCUT2D eigenvalue weighted by Gasteiger charge is 2.51. The third-order valence-electron chi connectivity index (χ3n) is 4.36. The molecule has 0 unspecified atom stereocenters. The summed E-state index contributed by atoms with van der Waals surface area (Å²) in [6.45, 7) is 3.84. The number of rotatable bonds is 2. The predicted octanol–water partition coefficient (Wildman–Crippen LogP) is -0.141. The van der Waals surface area contributed by atoms with Crippen molar-refractivity contribution in [1.29, 1.82) is 0 Å². The lowest BCUT2D eigenvalue weighted by molar-refractivity contribution is -0.187. The second-order valence-corrected chi connectivity index (χ2v) is 6.11. The number of nitrogens with zero attached hydrogens (tertiary/aromatic N) is 2. The number of furan rings is 1. The number of aryl methyl sites for hydroxylation is 1. The van der Waals surface area contributed by atoms with E-state index in [0.29, 0.717) is 32.0 Å². The Balaban J connectivity index is 1.59. The first-order chi connectivity index (χ1) is 10.4. The van der Waals surface area contributed by atoms with Crippen LogP contribution in [-0.2, 0) is 9.53 Å². The van der Waals surface area contributed by atoms with Crippen molar-refractivity contribution in [2.45, 2.75) is 18.6 Å². The summed E-state index contributed by atoms with van der Waals surface area (Å²) in [6, 6.07) is 3.20. The molecular weight excluding hydrogens is 286 g/mol. The van der Waals surface area contributed by atoms with Gasteiger partial charge in [0.25, 0.3) is 5.91 Å². The highest BCUT2D eigenvalue weighted by molar-refractivity contribution is 5.92. The Morgan fingerprint density at radius 1 is 1.32 bits per heavy atom. The molecule has 2 fully saturated rings. The second-order valence-electron chi connectivity index (χ2n) is 6.11. The van der Waals surface area contributed by atoms with Gasteiger partial charge in [0.2, 0.25) is 5.91 Å². The quantitative estimate of drug-likeness (QED) is 0.823. The number of nitrogens with one attached hydrogen (secondary N) is 1. The molecule has 1 spiro atoms. The lowest BCUT2D eigenvalue weighted by Crippen LogP contribution is -2.73. The minimum Gasteiger partial charge on any atom is -0.456 e. The van der Waals surface area contributed by atoms with Gasteiger partial charge in [-0.15, -0.1) is 0 Å². The van der Waals surface area contributed by atoms with E-state index in [9.17, 15) is 9.59 Å². The predicted molar refractivity (Wildman–Crippen MR) is 78.5 cm³/mol. The molecule has 2 aliphatic rings. The van der Waals surface area contributed by atoms with Crippen molar-refractivity contribution in [2.24, 2.45) is 0 Å². The zero-order valence-electron chi connectivity index (χ0n) is 13.1. The van der Waals surface area contributed by atoms with E-state index >= 15 is 0 Å². The zero-order chi connectivity index (χ0) is 15.9. The van der Waals surface area contributed by atoms with Crippen molar-refractivity contribution in [3.05, 3.63) is 23.7 Å². The average Bonchev–Trinajstić information content (AvgIpc) is 2.89. The van der Waals surface area contributed by atoms with Gasteiger partial charge in [0.1, 0.15) is 17.4 Å². The fraction of sp³-hybridized carbons (Fsp3) is 0.600. The van der Waals surface area contributed by atoms with E-state index in [1.165, 1.54) is 0 Å². The van der Waals surface area contributed by atoms with Crippen LogP contribution in [0.5, 0.6) is 0 Å². The van der Waals surface area contributed by atoms with Crippen LogP contribution in [0.1, 0.15) is 16.3 Å². The molecule has 1 N–H and O–H groups in total. The van der Waals surface area contributed by atoms with Crippen molar-refractivity contribution >= 4 is 11.8 Å². The normalized spacial score (nSPS) is 24.1. The summed E-state index contributed by atoms with van der Waals surface area (Å²) in [4.78, 5) is 27.7. The minimum atomic E-state index is -0.365. The first-order valence-corrected chi connectivity index (χ1v) is 7.36. The number of hydrogen-bond acceptors (Lipinski definition) is 5. The van der Waals surface area contributed by atoms with E-state index < -0.39 is 0 Å². The molecule has 0 aromatic carbocycles. The van der Waals surface area contributed by atoms with Gasteiger partial charge >= 0.3 is 0 Å². The minimum absolute atomic E-state index is 0.0457. The molecule has 3 heterocycles. The molecule has 2 amide bonds. The maximum absolute atomic E-state index is 12.3. The maximum Gasteiger partial charge on any atom is 0.289 e. The van der Waals surface area contributed by atoms with Crippen molar-refractivity contribution < 1.29 is 18.7 Å². The molecule has 7 nitrogen and oxygen atoms in total. The Kier molecular flexibility index (Phi) is 3.70. The Hall–Kier alpha value is -1.86. The van der Waals surface area contributed by atoms with Gasteiger partial charge in [-0.3, -0.25) is 14.5 Å². The van der Waals surface area contributed by atoms with Crippen molar-refractivity contribution in [3.63, 3.8) is 0 Å². The number of carbonyl (C=O) groups excluding carboxylic acids is 2. The van der Waals surface area contributed by atoms with Crippen LogP contribution in [0.4, 0.5) is 0 Å². The SMILES string of the molecule is CNC(=O)[C@H]1COC2(CN(C(=O)c3ccc(C)o3)C2)CN1C. The first kappa shape index (κ1) is 15.1. The number of amides is 2. The van der Waals surface area contributed by atoms with E-state index in [-0.39, 0.29) is 23.5 Å². The molecule has 2 aliphatic heterocycles. The van der Waals surface area contributed by atoms with Gasteiger partial charge in [-0.1, -0.05) is 0 Å². The fourth-order valence-electron chi connectivity index (χ4n) is 3.13. The Morgan fingerprint density at radius 3 is 2.59 bits per heavy atom. The smallest absolute Gasteiger partial charge is 0.289 e. The molecule has 7 heteroatoms. The second kappa shape index (κ2) is 5.40. The van der Waals surface area contributed by atoms with Crippen molar-refractivity contribution in [1.82, 2.24) is 15.1 Å². The van der Waals surface area contributed by atoms with Gasteiger partial charge in [-0.2, -0.15) is 0 Å². The number of ether oxygens (including phenoxy) is 1. The van der Waals surface area contributed by atoms with E-state index in [1.54, 1.807) is 24.1 Å². The molecule has 3 rings (SSSR count). The Bertz CT molecular complexity index is 591. The summed E-state index contributed by atoms with van der Waals surface area (Å²) in [5, 5.41) is 2.64. The lowest BCUT2D eigenvalue weighted by Gasteiger charge is -2.54. The topological polar surface area (TPSA) is 75.0 Å². The maximum atomic E-state index is 12.3. The van der Waals surface area contributed by atoms with Crippen LogP contribution in [0, 0.1) is 6.92 Å². The average molecular weight is 307 g/mol. The number of likely N-dealkylation sites (tertiary alicyclic amines) is 1. The number of likely N-dealkylation sites (N-methyl/N-ethyl adjacent to an activating group) is 2. The molecule has 2 saturated heterocycles. The first-order valence-electron chi connectivity index (χ1n) is 7.36. The van der Waals surface area contributed by atoms with Crippen molar-refractivity contribution in [2.75, 3.05) is 40.3 Å². The van der Waals surface area contributed by atoms with Gasteiger partial charge in [-0.25, -0.2) is 0 Å². The van der Waals surface area contributed by atoms with Crippen LogP contribution in [0.25, 0.3) is 0 Å². The van der Waals surface area contributed by atoms with Crippen LogP contribution in [-0.4, -0.2) is 73.6 Å². The van der Waals surface area contributed by atoms with Gasteiger partial charge in [0, 0.05) is 13.6 Å². The molecular formula is C15H21N3O4. The molecule has 1 aromatic rings. The summed E-state index contributed by atoms with van der Waals surface area (Å²) < 4.78 is 11.3. The van der Waals surface area contributed by atoms with Crippen LogP contribution in [0.15, 0.2) is 16.5 Å². The van der Waals surface area contributed by atoms with Gasteiger partial charge < -0.3 is 19.4 Å². The van der Waals surface area contributed by atoms with E-state index in [1.807, 2.05) is 18.9 Å². The number of morpholine rings is 1. The molecule has 22 heavy (non-hydrogen) atoms.